The predicted octanol–water partition coefficient (Wildman–Crippen LogP) is 3.87. The van der Waals surface area contributed by atoms with Crippen LogP contribution in [0.3, 0.4) is 0 Å². The molecule has 134 valence electrons. The zero-order chi connectivity index (χ0) is 19.0. The van der Waals surface area contributed by atoms with Crippen LogP contribution in [0.2, 0.25) is 0 Å². The van der Waals surface area contributed by atoms with E-state index < -0.39 is 0 Å². The number of pyridine rings is 1. The largest absolute Gasteiger partial charge is 0.384 e. The van der Waals surface area contributed by atoms with Crippen molar-refractivity contribution >= 4 is 55.2 Å². The summed E-state index contributed by atoms with van der Waals surface area (Å²) >= 11 is 3.52. The maximum atomic E-state index is 12.6. The molecule has 4 rings (SSSR count). The summed E-state index contributed by atoms with van der Waals surface area (Å²) in [7, 11) is 0. The van der Waals surface area contributed by atoms with E-state index in [0.717, 1.165) is 26.3 Å². The molecular weight excluding hydrogens is 406 g/mol. The summed E-state index contributed by atoms with van der Waals surface area (Å²) < 4.78 is 2.64. The molecule has 4 aromatic rings. The van der Waals surface area contributed by atoms with E-state index in [1.165, 1.54) is 0 Å². The average molecular weight is 422 g/mol. The number of hydrogen-bond donors (Lipinski definition) is 3. The molecule has 0 unspecified atom stereocenters. The highest BCUT2D eigenvalue weighted by atomic mass is 79.9. The highest BCUT2D eigenvalue weighted by molar-refractivity contribution is 9.10. The third-order valence-corrected chi connectivity index (χ3v) is 4.98. The number of hydrogen-bond acceptors (Lipinski definition) is 3. The number of fused-ring (bicyclic) bond motifs is 2. The normalized spacial score (nSPS) is 11.0. The number of aromatic nitrogens is 2. The van der Waals surface area contributed by atoms with Gasteiger partial charge in [0.2, 0.25) is 5.91 Å². The first kappa shape index (κ1) is 17.2. The number of rotatable bonds is 4. The summed E-state index contributed by atoms with van der Waals surface area (Å²) in [5.74, 6) is -0.194. The fourth-order valence-electron chi connectivity index (χ4n) is 3.16. The minimum atomic E-state index is -0.166. The smallest absolute Gasteiger partial charge is 0.244 e. The van der Waals surface area contributed by atoms with E-state index in [9.17, 15) is 4.79 Å². The molecule has 1 amide bonds. The van der Waals surface area contributed by atoms with Crippen molar-refractivity contribution in [2.45, 2.75) is 6.54 Å². The number of benzene rings is 2. The van der Waals surface area contributed by atoms with Gasteiger partial charge < -0.3 is 15.6 Å². The van der Waals surface area contributed by atoms with Crippen LogP contribution in [0.4, 0.5) is 5.69 Å². The molecule has 0 atom stereocenters. The van der Waals surface area contributed by atoms with E-state index in [1.807, 2.05) is 48.5 Å². The summed E-state index contributed by atoms with van der Waals surface area (Å²) in [6.45, 7) is 0.109. The number of para-hydroxylation sites is 1. The van der Waals surface area contributed by atoms with Crippen LogP contribution in [0.1, 0.15) is 5.56 Å². The van der Waals surface area contributed by atoms with Crippen LogP contribution < -0.4 is 11.1 Å². The third kappa shape index (κ3) is 3.29. The van der Waals surface area contributed by atoms with Gasteiger partial charge in [-0.2, -0.15) is 0 Å². The molecule has 0 bridgehead atoms. The highest BCUT2D eigenvalue weighted by Crippen LogP contribution is 2.28. The van der Waals surface area contributed by atoms with Crippen molar-refractivity contribution in [2.24, 2.45) is 5.73 Å². The summed E-state index contributed by atoms with van der Waals surface area (Å²) in [6.07, 6.45) is 3.48. The minimum absolute atomic E-state index is 0.0284. The maximum absolute atomic E-state index is 12.6. The summed E-state index contributed by atoms with van der Waals surface area (Å²) in [4.78, 5) is 16.9. The van der Waals surface area contributed by atoms with E-state index in [0.29, 0.717) is 11.3 Å². The molecule has 0 spiro atoms. The van der Waals surface area contributed by atoms with Crippen LogP contribution in [0.25, 0.3) is 21.8 Å². The molecule has 2 aromatic heterocycles. The number of carbonyl (C=O) groups is 1. The van der Waals surface area contributed by atoms with Crippen LogP contribution in [0.5, 0.6) is 0 Å². The summed E-state index contributed by atoms with van der Waals surface area (Å²) in [6, 6.07) is 15.1. The second-order valence-corrected chi connectivity index (χ2v) is 7.03. The van der Waals surface area contributed by atoms with Crippen molar-refractivity contribution in [3.8, 4) is 0 Å². The minimum Gasteiger partial charge on any atom is -0.384 e. The van der Waals surface area contributed by atoms with Crippen LogP contribution in [-0.4, -0.2) is 21.3 Å². The molecule has 0 saturated heterocycles. The molecule has 0 aliphatic heterocycles. The molecule has 0 fully saturated rings. The Bertz CT molecular complexity index is 1200. The predicted molar refractivity (Wildman–Crippen MR) is 111 cm³/mol. The highest BCUT2D eigenvalue weighted by Gasteiger charge is 2.15. The van der Waals surface area contributed by atoms with Crippen molar-refractivity contribution in [1.82, 2.24) is 9.55 Å². The Hall–Kier alpha value is -3.19. The van der Waals surface area contributed by atoms with E-state index in [2.05, 4.69) is 26.2 Å². The molecule has 6 nitrogen and oxygen atoms in total. The average Bonchev–Trinajstić information content (AvgIpc) is 3.01. The molecule has 0 radical (unpaired) electrons. The van der Waals surface area contributed by atoms with Crippen molar-refractivity contribution in [2.75, 3.05) is 5.32 Å². The molecule has 7 heteroatoms. The van der Waals surface area contributed by atoms with E-state index in [4.69, 9.17) is 11.1 Å². The van der Waals surface area contributed by atoms with Crippen molar-refractivity contribution < 1.29 is 4.79 Å². The number of halogens is 1. The van der Waals surface area contributed by atoms with Gasteiger partial charge in [-0.25, -0.2) is 0 Å². The molecule has 0 aliphatic rings. The Balaban J connectivity index is 1.63. The van der Waals surface area contributed by atoms with Gasteiger partial charge in [-0.15, -0.1) is 0 Å². The lowest BCUT2D eigenvalue weighted by Crippen LogP contribution is -2.18. The Morgan fingerprint density at radius 1 is 1.22 bits per heavy atom. The lowest BCUT2D eigenvalue weighted by molar-refractivity contribution is -0.116. The molecule has 4 N–H and O–H groups in total. The summed E-state index contributed by atoms with van der Waals surface area (Å²) in [5, 5.41) is 12.5. The first-order chi connectivity index (χ1) is 13.0. The summed E-state index contributed by atoms with van der Waals surface area (Å²) in [5.41, 5.74) is 8.73. The maximum Gasteiger partial charge on any atom is 0.244 e. The van der Waals surface area contributed by atoms with E-state index in [1.54, 1.807) is 17.0 Å². The van der Waals surface area contributed by atoms with Crippen LogP contribution >= 0.6 is 15.9 Å². The Labute approximate surface area is 163 Å². The first-order valence-corrected chi connectivity index (χ1v) is 9.08. The van der Waals surface area contributed by atoms with Gasteiger partial charge in [0.1, 0.15) is 12.4 Å². The third-order valence-electron chi connectivity index (χ3n) is 4.34. The fourth-order valence-corrected chi connectivity index (χ4v) is 3.76. The van der Waals surface area contributed by atoms with Gasteiger partial charge in [0.25, 0.3) is 0 Å². The van der Waals surface area contributed by atoms with Crippen molar-refractivity contribution in [1.29, 1.82) is 5.41 Å². The molecule has 0 aliphatic carbocycles. The van der Waals surface area contributed by atoms with Gasteiger partial charge in [-0.1, -0.05) is 18.2 Å². The zero-order valence-corrected chi connectivity index (χ0v) is 15.8. The lowest BCUT2D eigenvalue weighted by atomic mass is 10.1. The quantitative estimate of drug-likeness (QED) is 0.344. The van der Waals surface area contributed by atoms with E-state index in [-0.39, 0.29) is 18.3 Å². The zero-order valence-electron chi connectivity index (χ0n) is 14.2. The molecule has 2 heterocycles. The topological polar surface area (TPSA) is 96.8 Å². The number of nitrogen functional groups attached to an aromatic ring is 1. The molecule has 0 saturated carbocycles. The number of amidine groups is 1. The monoisotopic (exact) mass is 421 g/mol. The molecule has 27 heavy (non-hydrogen) atoms. The fraction of sp³-hybridized carbons (Fsp3) is 0.0500. The van der Waals surface area contributed by atoms with Crippen molar-refractivity contribution in [3.05, 3.63) is 71.0 Å². The second kappa shape index (κ2) is 6.85. The number of carbonyl (C=O) groups excluding carboxylic acids is 1. The number of anilines is 1. The van der Waals surface area contributed by atoms with Crippen LogP contribution in [-0.2, 0) is 11.3 Å². The van der Waals surface area contributed by atoms with Gasteiger partial charge in [0.15, 0.2) is 0 Å². The van der Waals surface area contributed by atoms with Gasteiger partial charge in [0, 0.05) is 38.9 Å². The second-order valence-electron chi connectivity index (χ2n) is 6.18. The van der Waals surface area contributed by atoms with Crippen LogP contribution in [0, 0.1) is 5.41 Å². The standard InChI is InChI=1S/C20H16BrN5O/c21-16-5-1-4-14-15(20(22)23)10-26(19(14)16)11-18(27)25-13-6-7-17-12(9-13)3-2-8-24-17/h1-10H,11H2,(H3,22,23)(H,25,27). The number of nitrogens with one attached hydrogen (secondary N) is 2. The number of amides is 1. The molecular formula is C20H16BrN5O. The van der Waals surface area contributed by atoms with E-state index >= 15 is 0 Å². The van der Waals surface area contributed by atoms with Gasteiger partial charge in [-0.3, -0.25) is 15.2 Å². The number of nitrogens with two attached hydrogens (primary N) is 1. The van der Waals surface area contributed by atoms with Crippen LogP contribution in [0.15, 0.2) is 65.4 Å². The Morgan fingerprint density at radius 2 is 2.07 bits per heavy atom. The lowest BCUT2D eigenvalue weighted by Gasteiger charge is -2.09. The Kier molecular flexibility index (Phi) is 4.37. The first-order valence-electron chi connectivity index (χ1n) is 8.29. The SMILES string of the molecule is N=C(N)c1cn(CC(=O)Nc2ccc3ncccc3c2)c2c(Br)cccc12. The Morgan fingerprint density at radius 3 is 2.89 bits per heavy atom. The van der Waals surface area contributed by atoms with Crippen molar-refractivity contribution in [3.63, 3.8) is 0 Å². The number of nitrogens with zero attached hydrogens (tertiary/aromatic N) is 2. The van der Waals surface area contributed by atoms with Gasteiger partial charge in [0.05, 0.1) is 11.0 Å². The molecule has 2 aromatic carbocycles. The van der Waals surface area contributed by atoms with Gasteiger partial charge >= 0.3 is 0 Å². The van der Waals surface area contributed by atoms with Gasteiger partial charge in [-0.05, 0) is 46.3 Å².